The fraction of sp³-hybridized carbons (Fsp3) is 0.440. The van der Waals surface area contributed by atoms with Crippen LogP contribution in [0.1, 0.15) is 64.7 Å². The van der Waals surface area contributed by atoms with E-state index < -0.39 is 57.9 Å². The molecule has 0 unspecified atom stereocenters. The summed E-state index contributed by atoms with van der Waals surface area (Å²) in [7, 11) is 0. The first-order valence-electron chi connectivity index (χ1n) is 11.9. The third-order valence-electron chi connectivity index (χ3n) is 7.73. The lowest BCUT2D eigenvalue weighted by molar-refractivity contribution is -0.114. The Labute approximate surface area is 210 Å². The number of hydrogen-bond donors (Lipinski definition) is 3. The zero-order valence-corrected chi connectivity index (χ0v) is 20.4. The van der Waals surface area contributed by atoms with Crippen molar-refractivity contribution in [3.05, 3.63) is 62.6 Å². The fourth-order valence-electron chi connectivity index (χ4n) is 5.42. The van der Waals surface area contributed by atoms with Gasteiger partial charge in [-0.25, -0.2) is 8.78 Å². The van der Waals surface area contributed by atoms with Gasteiger partial charge in [-0.3, -0.25) is 14.4 Å². The Morgan fingerprint density at radius 2 is 2.03 bits per heavy atom. The van der Waals surface area contributed by atoms with E-state index in [0.717, 1.165) is 12.3 Å². The van der Waals surface area contributed by atoms with E-state index in [-0.39, 0.29) is 36.0 Å². The van der Waals surface area contributed by atoms with Crippen LogP contribution in [0.2, 0.25) is 0 Å². The number of benzene rings is 1. The SMILES string of the molecule is CC1=NO[C@@]2(CC[C@H](C)N3C[C@H]2n2cc(C(=O)NCc4ccc(F)c(C)c4F)c(=O)c(O)c2C3=O)[C@H]1O. The van der Waals surface area contributed by atoms with E-state index in [0.29, 0.717) is 18.6 Å². The van der Waals surface area contributed by atoms with Gasteiger partial charge in [-0.15, -0.1) is 0 Å². The largest absolute Gasteiger partial charge is 0.503 e. The molecule has 3 N–H and O–H groups in total. The van der Waals surface area contributed by atoms with E-state index in [9.17, 15) is 33.4 Å². The lowest BCUT2D eigenvalue weighted by Gasteiger charge is -2.43. The molecule has 1 aromatic heterocycles. The smallest absolute Gasteiger partial charge is 0.274 e. The number of aromatic nitrogens is 1. The Hall–Kier alpha value is -3.80. The van der Waals surface area contributed by atoms with Gasteiger partial charge in [0.2, 0.25) is 5.43 Å². The van der Waals surface area contributed by atoms with E-state index >= 15 is 0 Å². The zero-order valence-electron chi connectivity index (χ0n) is 20.4. The Morgan fingerprint density at radius 3 is 2.70 bits per heavy atom. The van der Waals surface area contributed by atoms with Gasteiger partial charge in [0.1, 0.15) is 23.3 Å². The molecule has 3 aliphatic rings. The number of hydrogen-bond acceptors (Lipinski definition) is 7. The maximum Gasteiger partial charge on any atom is 0.274 e. The van der Waals surface area contributed by atoms with Crippen LogP contribution in [0.15, 0.2) is 28.3 Å². The van der Waals surface area contributed by atoms with Crippen molar-refractivity contribution in [1.29, 1.82) is 0 Å². The van der Waals surface area contributed by atoms with Crippen LogP contribution in [0.25, 0.3) is 0 Å². The molecule has 5 rings (SSSR count). The van der Waals surface area contributed by atoms with E-state index in [4.69, 9.17) is 4.84 Å². The Morgan fingerprint density at radius 1 is 1.30 bits per heavy atom. The third-order valence-corrected chi connectivity index (χ3v) is 7.73. The number of aromatic hydroxyl groups is 1. The highest BCUT2D eigenvalue weighted by molar-refractivity contribution is 5.99. The zero-order chi connectivity index (χ0) is 26.8. The number of fused-ring (bicyclic) bond motifs is 5. The second kappa shape index (κ2) is 8.65. The molecule has 1 spiro atoms. The van der Waals surface area contributed by atoms with Gasteiger partial charge in [0, 0.05) is 36.5 Å². The minimum atomic E-state index is -1.29. The molecule has 1 saturated heterocycles. The number of halogens is 2. The number of aliphatic hydroxyl groups excluding tert-OH is 1. The van der Waals surface area contributed by atoms with Gasteiger partial charge >= 0.3 is 0 Å². The minimum Gasteiger partial charge on any atom is -0.503 e. The van der Waals surface area contributed by atoms with Crippen molar-refractivity contribution >= 4 is 17.5 Å². The monoisotopic (exact) mass is 516 g/mol. The molecule has 3 aliphatic heterocycles. The predicted molar refractivity (Wildman–Crippen MR) is 126 cm³/mol. The minimum absolute atomic E-state index is 0.00663. The number of rotatable bonds is 3. The van der Waals surface area contributed by atoms with E-state index in [1.54, 1.807) is 6.92 Å². The molecule has 4 heterocycles. The molecule has 37 heavy (non-hydrogen) atoms. The van der Waals surface area contributed by atoms with Crippen LogP contribution in [0.5, 0.6) is 5.75 Å². The van der Waals surface area contributed by atoms with Gasteiger partial charge in [-0.1, -0.05) is 11.2 Å². The van der Waals surface area contributed by atoms with Gasteiger partial charge in [0.25, 0.3) is 11.8 Å². The Bertz CT molecular complexity index is 1420. The number of carbonyl (C=O) groups is 2. The lowest BCUT2D eigenvalue weighted by Crippen LogP contribution is -2.56. The molecule has 2 amide bonds. The molecule has 0 saturated carbocycles. The van der Waals surface area contributed by atoms with E-state index in [2.05, 4.69) is 10.5 Å². The molecule has 1 aromatic carbocycles. The Kier molecular flexibility index (Phi) is 5.81. The van der Waals surface area contributed by atoms with Crippen molar-refractivity contribution in [3.63, 3.8) is 0 Å². The third kappa shape index (κ3) is 3.61. The van der Waals surface area contributed by atoms with Crippen molar-refractivity contribution in [2.75, 3.05) is 6.54 Å². The average molecular weight is 517 g/mol. The highest BCUT2D eigenvalue weighted by atomic mass is 19.1. The summed E-state index contributed by atoms with van der Waals surface area (Å²) in [6, 6.07) is 1.20. The molecule has 2 bridgehead atoms. The molecule has 10 nitrogen and oxygen atoms in total. The second-order valence-electron chi connectivity index (χ2n) is 9.85. The molecule has 0 aliphatic carbocycles. The molecular formula is C25H26F2N4O6. The van der Waals surface area contributed by atoms with E-state index in [1.165, 1.54) is 22.5 Å². The van der Waals surface area contributed by atoms with Gasteiger partial charge in [0.05, 0.1) is 11.8 Å². The summed E-state index contributed by atoms with van der Waals surface area (Å²) < 4.78 is 29.3. The van der Waals surface area contributed by atoms with Crippen LogP contribution in [0.3, 0.4) is 0 Å². The van der Waals surface area contributed by atoms with Crippen LogP contribution in [0.4, 0.5) is 8.78 Å². The number of nitrogens with zero attached hydrogens (tertiary/aromatic N) is 3. The molecule has 0 radical (unpaired) electrons. The summed E-state index contributed by atoms with van der Waals surface area (Å²) >= 11 is 0. The fourth-order valence-corrected chi connectivity index (χ4v) is 5.42. The van der Waals surface area contributed by atoms with Crippen LogP contribution < -0.4 is 10.7 Å². The summed E-state index contributed by atoms with van der Waals surface area (Å²) in [6.07, 6.45) is 0.828. The predicted octanol–water partition coefficient (Wildman–Crippen LogP) is 1.76. The van der Waals surface area contributed by atoms with Gasteiger partial charge in [-0.05, 0) is 39.7 Å². The quantitative estimate of drug-likeness (QED) is 0.569. The van der Waals surface area contributed by atoms with Crippen molar-refractivity contribution in [3.8, 4) is 5.75 Å². The van der Waals surface area contributed by atoms with Crippen molar-refractivity contribution in [2.24, 2.45) is 5.16 Å². The molecule has 196 valence electrons. The summed E-state index contributed by atoms with van der Waals surface area (Å²) in [5.74, 6) is -3.98. The first kappa shape index (κ1) is 24.9. The molecule has 2 aromatic rings. The number of oxime groups is 1. The molecule has 1 fully saturated rings. The van der Waals surface area contributed by atoms with Crippen molar-refractivity contribution in [2.45, 2.75) is 63.9 Å². The average Bonchev–Trinajstić information content (AvgIpc) is 3.08. The van der Waals surface area contributed by atoms with Crippen LogP contribution in [0, 0.1) is 18.6 Å². The summed E-state index contributed by atoms with van der Waals surface area (Å²) in [4.78, 5) is 46.6. The second-order valence-corrected chi connectivity index (χ2v) is 9.85. The first-order valence-corrected chi connectivity index (χ1v) is 11.9. The number of pyridine rings is 1. The standard InChI is InChI=1S/C25H26F2N4O6/c1-11-6-7-25(22(34)13(3)29-37-25)17-10-30(11)24(36)19-21(33)20(32)15(9-31(17)19)23(35)28-8-14-4-5-16(26)12(2)18(14)27/h4-5,9,11,17,22,33-34H,6-8,10H2,1-3H3,(H,28,35)/t11-,17+,22-,25+/m0/s1. The van der Waals surface area contributed by atoms with Crippen molar-refractivity contribution in [1.82, 2.24) is 14.8 Å². The summed E-state index contributed by atoms with van der Waals surface area (Å²) in [5, 5.41) is 28.2. The molecule has 4 atom stereocenters. The highest BCUT2D eigenvalue weighted by Crippen LogP contribution is 2.46. The lowest BCUT2D eigenvalue weighted by atomic mass is 9.82. The normalized spacial score (nSPS) is 26.4. The first-order chi connectivity index (χ1) is 17.5. The Balaban J connectivity index is 1.56. The summed E-state index contributed by atoms with van der Waals surface area (Å²) in [5.41, 5.74) is -3.01. The van der Waals surface area contributed by atoms with Gasteiger partial charge in [0.15, 0.2) is 17.0 Å². The molecular weight excluding hydrogens is 490 g/mol. The number of amides is 2. The van der Waals surface area contributed by atoms with Gasteiger partial charge in [-0.2, -0.15) is 0 Å². The molecule has 12 heteroatoms. The number of carbonyl (C=O) groups excluding carboxylic acids is 2. The van der Waals surface area contributed by atoms with E-state index in [1.807, 2.05) is 6.92 Å². The van der Waals surface area contributed by atoms with Crippen molar-refractivity contribution < 1.29 is 33.4 Å². The van der Waals surface area contributed by atoms with Crippen LogP contribution in [-0.4, -0.2) is 61.5 Å². The highest BCUT2D eigenvalue weighted by Gasteiger charge is 2.58. The van der Waals surface area contributed by atoms with Crippen LogP contribution >= 0.6 is 0 Å². The number of nitrogens with one attached hydrogen (secondary N) is 1. The maximum absolute atomic E-state index is 14.4. The summed E-state index contributed by atoms with van der Waals surface area (Å²) in [6.45, 7) is 4.44. The number of aliphatic hydroxyl groups is 1. The van der Waals surface area contributed by atoms with Gasteiger partial charge < -0.3 is 29.8 Å². The van der Waals surface area contributed by atoms with Crippen LogP contribution in [-0.2, 0) is 11.4 Å². The topological polar surface area (TPSA) is 133 Å². The maximum atomic E-state index is 14.4.